The SMILES string of the molecule is CNCc1cc(F)c(Oc2ccc(F)c(Br)c2)c(F)c1. The fraction of sp³-hybridized carbons (Fsp3) is 0.143. The molecule has 2 rings (SSSR count). The van der Waals surface area contributed by atoms with Crippen molar-refractivity contribution in [2.45, 2.75) is 6.54 Å². The summed E-state index contributed by atoms with van der Waals surface area (Å²) in [5.74, 6) is -2.48. The van der Waals surface area contributed by atoms with Crippen molar-refractivity contribution < 1.29 is 17.9 Å². The molecule has 0 amide bonds. The molecule has 0 spiro atoms. The van der Waals surface area contributed by atoms with Gasteiger partial charge in [0.2, 0.25) is 0 Å². The monoisotopic (exact) mass is 345 g/mol. The fourth-order valence-corrected chi connectivity index (χ4v) is 2.03. The molecule has 0 aromatic heterocycles. The first-order chi connectivity index (χ1) is 9.51. The molecule has 0 saturated heterocycles. The predicted octanol–water partition coefficient (Wildman–Crippen LogP) is 4.38. The number of ether oxygens (including phenoxy) is 1. The molecule has 20 heavy (non-hydrogen) atoms. The predicted molar refractivity (Wildman–Crippen MR) is 73.3 cm³/mol. The standard InChI is InChI=1S/C14H11BrF3NO/c1-19-7-8-4-12(17)14(13(18)5-8)20-9-2-3-11(16)10(15)6-9/h2-6,19H,7H2,1H3. The van der Waals surface area contributed by atoms with E-state index in [1.807, 2.05) is 0 Å². The summed E-state index contributed by atoms with van der Waals surface area (Å²) in [5.41, 5.74) is 0.468. The molecule has 106 valence electrons. The minimum atomic E-state index is -0.810. The van der Waals surface area contributed by atoms with Gasteiger partial charge in [-0.15, -0.1) is 0 Å². The number of halogens is 4. The molecule has 1 N–H and O–H groups in total. The molecule has 0 heterocycles. The van der Waals surface area contributed by atoms with Crippen molar-refractivity contribution in [2.75, 3.05) is 7.05 Å². The second kappa shape index (κ2) is 6.28. The van der Waals surface area contributed by atoms with E-state index in [1.165, 1.54) is 24.3 Å². The van der Waals surface area contributed by atoms with Gasteiger partial charge in [-0.05, 0) is 58.9 Å². The highest BCUT2D eigenvalue weighted by Gasteiger charge is 2.14. The summed E-state index contributed by atoms with van der Waals surface area (Å²) in [7, 11) is 1.68. The van der Waals surface area contributed by atoms with Gasteiger partial charge in [0.15, 0.2) is 17.4 Å². The van der Waals surface area contributed by atoms with E-state index in [9.17, 15) is 13.2 Å². The highest BCUT2D eigenvalue weighted by Crippen LogP contribution is 2.30. The number of rotatable bonds is 4. The van der Waals surface area contributed by atoms with Gasteiger partial charge in [0.1, 0.15) is 11.6 Å². The van der Waals surface area contributed by atoms with Crippen LogP contribution in [0.5, 0.6) is 11.5 Å². The smallest absolute Gasteiger partial charge is 0.198 e. The Kier molecular flexibility index (Phi) is 4.67. The van der Waals surface area contributed by atoms with E-state index in [1.54, 1.807) is 7.05 Å². The molecule has 0 aliphatic rings. The van der Waals surface area contributed by atoms with E-state index in [2.05, 4.69) is 21.2 Å². The molecule has 0 unspecified atom stereocenters. The number of benzene rings is 2. The Morgan fingerprint density at radius 2 is 1.70 bits per heavy atom. The van der Waals surface area contributed by atoms with Gasteiger partial charge in [-0.25, -0.2) is 13.2 Å². The van der Waals surface area contributed by atoms with E-state index in [-0.39, 0.29) is 10.2 Å². The lowest BCUT2D eigenvalue weighted by Gasteiger charge is -2.10. The van der Waals surface area contributed by atoms with Crippen LogP contribution in [0.2, 0.25) is 0 Å². The van der Waals surface area contributed by atoms with E-state index in [0.29, 0.717) is 12.1 Å². The van der Waals surface area contributed by atoms with Crippen LogP contribution < -0.4 is 10.1 Å². The zero-order valence-electron chi connectivity index (χ0n) is 10.5. The first-order valence-electron chi connectivity index (χ1n) is 5.76. The van der Waals surface area contributed by atoms with Crippen LogP contribution in [-0.2, 0) is 6.54 Å². The number of nitrogens with one attached hydrogen (secondary N) is 1. The maximum absolute atomic E-state index is 13.8. The molecule has 2 aromatic rings. The lowest BCUT2D eigenvalue weighted by Crippen LogP contribution is -2.06. The summed E-state index contributed by atoms with van der Waals surface area (Å²) in [4.78, 5) is 0. The topological polar surface area (TPSA) is 21.3 Å². The molecule has 0 atom stereocenters. The molecular formula is C14H11BrF3NO. The number of hydrogen-bond acceptors (Lipinski definition) is 2. The Morgan fingerprint density at radius 3 is 2.25 bits per heavy atom. The fourth-order valence-electron chi connectivity index (χ4n) is 1.67. The first-order valence-corrected chi connectivity index (χ1v) is 6.56. The quantitative estimate of drug-likeness (QED) is 0.887. The van der Waals surface area contributed by atoms with Gasteiger partial charge >= 0.3 is 0 Å². The zero-order chi connectivity index (χ0) is 14.7. The van der Waals surface area contributed by atoms with Crippen LogP contribution in [0.1, 0.15) is 5.56 Å². The average Bonchev–Trinajstić information content (AvgIpc) is 2.38. The molecule has 2 aromatic carbocycles. The van der Waals surface area contributed by atoms with Crippen molar-refractivity contribution in [1.82, 2.24) is 5.32 Å². The van der Waals surface area contributed by atoms with Crippen LogP contribution in [0.4, 0.5) is 13.2 Å². The highest BCUT2D eigenvalue weighted by atomic mass is 79.9. The summed E-state index contributed by atoms with van der Waals surface area (Å²) in [6, 6.07) is 6.11. The zero-order valence-corrected chi connectivity index (χ0v) is 12.1. The third-order valence-corrected chi connectivity index (χ3v) is 3.16. The summed E-state index contributed by atoms with van der Waals surface area (Å²) in [6.07, 6.45) is 0. The minimum Gasteiger partial charge on any atom is -0.451 e. The first kappa shape index (κ1) is 14.9. The molecule has 0 aliphatic carbocycles. The Hall–Kier alpha value is -1.53. The summed E-state index contributed by atoms with van der Waals surface area (Å²) in [6.45, 7) is 0.343. The Balaban J connectivity index is 2.31. The van der Waals surface area contributed by atoms with Crippen LogP contribution in [0.15, 0.2) is 34.8 Å². The lowest BCUT2D eigenvalue weighted by molar-refractivity contribution is 0.405. The van der Waals surface area contributed by atoms with Crippen LogP contribution in [-0.4, -0.2) is 7.05 Å². The van der Waals surface area contributed by atoms with Gasteiger partial charge in [-0.1, -0.05) is 0 Å². The molecule has 0 aliphatic heterocycles. The highest BCUT2D eigenvalue weighted by molar-refractivity contribution is 9.10. The van der Waals surface area contributed by atoms with Gasteiger partial charge in [-0.2, -0.15) is 0 Å². The molecule has 2 nitrogen and oxygen atoms in total. The molecule has 0 fully saturated rings. The van der Waals surface area contributed by atoms with E-state index >= 15 is 0 Å². The Bertz CT molecular complexity index is 611. The van der Waals surface area contributed by atoms with Crippen LogP contribution in [0, 0.1) is 17.5 Å². The van der Waals surface area contributed by atoms with Gasteiger partial charge in [0.25, 0.3) is 0 Å². The van der Waals surface area contributed by atoms with Crippen molar-refractivity contribution >= 4 is 15.9 Å². The van der Waals surface area contributed by atoms with Crippen molar-refractivity contribution in [3.8, 4) is 11.5 Å². The molecule has 0 radical (unpaired) electrons. The van der Waals surface area contributed by atoms with E-state index in [4.69, 9.17) is 4.74 Å². The maximum Gasteiger partial charge on any atom is 0.198 e. The summed E-state index contributed by atoms with van der Waals surface area (Å²) >= 11 is 2.98. The summed E-state index contributed by atoms with van der Waals surface area (Å²) < 4.78 is 46.0. The lowest BCUT2D eigenvalue weighted by atomic mass is 10.2. The second-order valence-corrected chi connectivity index (χ2v) is 4.95. The second-order valence-electron chi connectivity index (χ2n) is 4.10. The Labute approximate surface area is 122 Å². The number of hydrogen-bond donors (Lipinski definition) is 1. The molecule has 0 saturated carbocycles. The van der Waals surface area contributed by atoms with Crippen molar-refractivity contribution in [3.63, 3.8) is 0 Å². The average molecular weight is 346 g/mol. The third-order valence-electron chi connectivity index (χ3n) is 2.55. The Morgan fingerprint density at radius 1 is 1.05 bits per heavy atom. The molecular weight excluding hydrogens is 335 g/mol. The maximum atomic E-state index is 13.8. The van der Waals surface area contributed by atoms with Crippen molar-refractivity contribution in [2.24, 2.45) is 0 Å². The van der Waals surface area contributed by atoms with E-state index in [0.717, 1.165) is 6.07 Å². The normalized spacial score (nSPS) is 10.7. The van der Waals surface area contributed by atoms with Crippen LogP contribution in [0.3, 0.4) is 0 Å². The van der Waals surface area contributed by atoms with Crippen LogP contribution in [0.25, 0.3) is 0 Å². The summed E-state index contributed by atoms with van der Waals surface area (Å²) in [5, 5.41) is 2.80. The largest absolute Gasteiger partial charge is 0.451 e. The molecule has 6 heteroatoms. The van der Waals surface area contributed by atoms with Gasteiger partial charge in [-0.3, -0.25) is 0 Å². The van der Waals surface area contributed by atoms with E-state index < -0.39 is 23.2 Å². The van der Waals surface area contributed by atoms with Gasteiger partial charge < -0.3 is 10.1 Å². The van der Waals surface area contributed by atoms with Gasteiger partial charge in [0, 0.05) is 6.54 Å². The minimum absolute atomic E-state index is 0.137. The van der Waals surface area contributed by atoms with Crippen LogP contribution >= 0.6 is 15.9 Å². The van der Waals surface area contributed by atoms with Crippen molar-refractivity contribution in [1.29, 1.82) is 0 Å². The molecule has 0 bridgehead atoms. The third kappa shape index (κ3) is 3.32. The van der Waals surface area contributed by atoms with Crippen molar-refractivity contribution in [3.05, 3.63) is 57.8 Å². The van der Waals surface area contributed by atoms with Gasteiger partial charge in [0.05, 0.1) is 4.47 Å².